The Balaban J connectivity index is 3.15. The van der Waals surface area contributed by atoms with Gasteiger partial charge in [-0.2, -0.15) is 0 Å². The molecule has 0 amide bonds. The van der Waals surface area contributed by atoms with Crippen LogP contribution in [0, 0.1) is 5.92 Å². The summed E-state index contributed by atoms with van der Waals surface area (Å²) in [6.07, 6.45) is -0.129. The van der Waals surface area contributed by atoms with E-state index < -0.39 is 0 Å². The van der Waals surface area contributed by atoms with Crippen molar-refractivity contribution < 1.29 is 9.47 Å². The number of ether oxygens (including phenoxy) is 2. The molecule has 0 bridgehead atoms. The lowest BCUT2D eigenvalue weighted by Gasteiger charge is -2.14. The fraction of sp³-hybridized carbons (Fsp3) is 1.00. The fourth-order valence-electron chi connectivity index (χ4n) is 0.587. The molecule has 0 aliphatic carbocycles. The summed E-state index contributed by atoms with van der Waals surface area (Å²) in [4.78, 5) is 0. The Morgan fingerprint density at radius 2 is 1.82 bits per heavy atom. The lowest BCUT2D eigenvalue weighted by atomic mass is 10.2. The maximum Gasteiger partial charge on any atom is 0.154 e. The molecule has 0 fully saturated rings. The summed E-state index contributed by atoms with van der Waals surface area (Å²) in [7, 11) is 0. The molecule has 0 heterocycles. The zero-order chi connectivity index (χ0) is 8.69. The Kier molecular flexibility index (Phi) is 7.02. The zero-order valence-electron chi connectivity index (χ0n) is 7.47. The minimum atomic E-state index is -0.129. The number of hydrogen-bond donors (Lipinski definition) is 0. The smallest absolute Gasteiger partial charge is 0.154 e. The molecule has 0 aromatic carbocycles. The number of halogens is 1. The largest absolute Gasteiger partial charge is 0.353 e. The normalized spacial score (nSPS) is 13.9. The van der Waals surface area contributed by atoms with E-state index in [1.165, 1.54) is 0 Å². The highest BCUT2D eigenvalue weighted by atomic mass is 35.5. The molecule has 11 heavy (non-hydrogen) atoms. The second-order valence-electron chi connectivity index (χ2n) is 2.85. The van der Waals surface area contributed by atoms with Crippen LogP contribution in [0.4, 0.5) is 0 Å². The lowest BCUT2D eigenvalue weighted by molar-refractivity contribution is -0.132. The van der Waals surface area contributed by atoms with Gasteiger partial charge in [-0.15, -0.1) is 11.6 Å². The molecule has 0 spiro atoms. The van der Waals surface area contributed by atoms with Crippen molar-refractivity contribution in [3.63, 3.8) is 0 Å². The van der Waals surface area contributed by atoms with E-state index in [2.05, 4.69) is 13.8 Å². The van der Waals surface area contributed by atoms with Crippen molar-refractivity contribution >= 4 is 11.6 Å². The summed E-state index contributed by atoms with van der Waals surface area (Å²) in [5.74, 6) is 1.08. The first kappa shape index (κ1) is 11.2. The van der Waals surface area contributed by atoms with Crippen molar-refractivity contribution in [2.24, 2.45) is 5.92 Å². The molecular formula is C8H17ClO2. The molecule has 0 rings (SSSR count). The van der Waals surface area contributed by atoms with Gasteiger partial charge in [0.25, 0.3) is 0 Å². The molecule has 0 radical (unpaired) electrons. The molecule has 2 nitrogen and oxygen atoms in total. The topological polar surface area (TPSA) is 18.5 Å². The molecule has 0 saturated heterocycles. The van der Waals surface area contributed by atoms with Crippen molar-refractivity contribution in [1.82, 2.24) is 0 Å². The standard InChI is InChI=1S/C8H17ClO2/c1-7(2)6-11-8(3)10-5-4-9/h7-8H,4-6H2,1-3H3. The van der Waals surface area contributed by atoms with Gasteiger partial charge in [-0.3, -0.25) is 0 Å². The molecule has 0 aliphatic rings. The quantitative estimate of drug-likeness (QED) is 0.461. The maximum absolute atomic E-state index is 5.43. The predicted molar refractivity (Wildman–Crippen MR) is 46.9 cm³/mol. The third-order valence-electron chi connectivity index (χ3n) is 1.09. The Hall–Kier alpha value is 0.210. The van der Waals surface area contributed by atoms with Gasteiger partial charge in [0.05, 0.1) is 13.2 Å². The van der Waals surface area contributed by atoms with Crippen LogP contribution >= 0.6 is 11.6 Å². The summed E-state index contributed by atoms with van der Waals surface area (Å²) < 4.78 is 10.5. The van der Waals surface area contributed by atoms with E-state index in [1.807, 2.05) is 6.92 Å². The van der Waals surface area contributed by atoms with Crippen LogP contribution in [0.3, 0.4) is 0 Å². The van der Waals surface area contributed by atoms with Crippen LogP contribution in [0.5, 0.6) is 0 Å². The van der Waals surface area contributed by atoms with E-state index in [0.717, 1.165) is 6.61 Å². The monoisotopic (exact) mass is 180 g/mol. The fourth-order valence-corrected chi connectivity index (χ4v) is 0.676. The zero-order valence-corrected chi connectivity index (χ0v) is 8.23. The Labute approximate surface area is 73.8 Å². The number of hydrogen-bond acceptors (Lipinski definition) is 2. The van der Waals surface area contributed by atoms with Crippen molar-refractivity contribution in [1.29, 1.82) is 0 Å². The molecule has 1 unspecified atom stereocenters. The van der Waals surface area contributed by atoms with Crippen molar-refractivity contribution in [2.45, 2.75) is 27.1 Å². The van der Waals surface area contributed by atoms with E-state index >= 15 is 0 Å². The summed E-state index contributed by atoms with van der Waals surface area (Å²) in [6.45, 7) is 7.39. The number of rotatable bonds is 6. The van der Waals surface area contributed by atoms with E-state index in [-0.39, 0.29) is 6.29 Å². The first-order valence-corrected chi connectivity index (χ1v) is 4.49. The first-order chi connectivity index (χ1) is 5.16. The van der Waals surface area contributed by atoms with E-state index in [0.29, 0.717) is 18.4 Å². The minimum Gasteiger partial charge on any atom is -0.353 e. The molecule has 68 valence electrons. The van der Waals surface area contributed by atoms with Crippen molar-refractivity contribution in [3.05, 3.63) is 0 Å². The SMILES string of the molecule is CC(C)COC(C)OCCCl. The van der Waals surface area contributed by atoms with Gasteiger partial charge in [-0.25, -0.2) is 0 Å². The highest BCUT2D eigenvalue weighted by molar-refractivity contribution is 6.17. The Morgan fingerprint density at radius 3 is 2.27 bits per heavy atom. The third kappa shape index (κ3) is 8.11. The lowest BCUT2D eigenvalue weighted by Crippen LogP contribution is -2.17. The second kappa shape index (κ2) is 6.89. The van der Waals surface area contributed by atoms with Crippen LogP contribution in [-0.4, -0.2) is 25.4 Å². The summed E-state index contributed by atoms with van der Waals surface area (Å²) in [5, 5.41) is 0. The van der Waals surface area contributed by atoms with E-state index in [4.69, 9.17) is 21.1 Å². The highest BCUT2D eigenvalue weighted by Crippen LogP contribution is 1.99. The van der Waals surface area contributed by atoms with Crippen LogP contribution in [0.1, 0.15) is 20.8 Å². The van der Waals surface area contributed by atoms with Crippen LogP contribution in [0.25, 0.3) is 0 Å². The number of alkyl halides is 1. The molecule has 0 aliphatic heterocycles. The van der Waals surface area contributed by atoms with Gasteiger partial charge in [-0.1, -0.05) is 13.8 Å². The van der Waals surface area contributed by atoms with Gasteiger partial charge in [0.1, 0.15) is 0 Å². The molecule has 3 heteroatoms. The van der Waals surface area contributed by atoms with Crippen molar-refractivity contribution in [2.75, 3.05) is 19.1 Å². The molecular weight excluding hydrogens is 164 g/mol. The van der Waals surface area contributed by atoms with Crippen LogP contribution in [0.2, 0.25) is 0 Å². The molecule has 0 saturated carbocycles. The minimum absolute atomic E-state index is 0.129. The first-order valence-electron chi connectivity index (χ1n) is 3.96. The van der Waals surface area contributed by atoms with Crippen molar-refractivity contribution in [3.8, 4) is 0 Å². The molecule has 1 atom stereocenters. The second-order valence-corrected chi connectivity index (χ2v) is 3.23. The summed E-state index contributed by atoms with van der Waals surface area (Å²) in [5.41, 5.74) is 0. The van der Waals surface area contributed by atoms with Gasteiger partial charge in [0, 0.05) is 5.88 Å². The van der Waals surface area contributed by atoms with E-state index in [1.54, 1.807) is 0 Å². The predicted octanol–water partition coefficient (Wildman–Crippen LogP) is 2.26. The molecule has 0 aromatic heterocycles. The van der Waals surface area contributed by atoms with Gasteiger partial charge in [0.2, 0.25) is 0 Å². The third-order valence-corrected chi connectivity index (χ3v) is 1.25. The summed E-state index contributed by atoms with van der Waals surface area (Å²) >= 11 is 5.43. The maximum atomic E-state index is 5.43. The van der Waals surface area contributed by atoms with Crippen LogP contribution in [-0.2, 0) is 9.47 Å². The highest BCUT2D eigenvalue weighted by Gasteiger charge is 2.01. The summed E-state index contributed by atoms with van der Waals surface area (Å²) in [6, 6.07) is 0. The molecule has 0 aromatic rings. The Morgan fingerprint density at radius 1 is 1.18 bits per heavy atom. The van der Waals surface area contributed by atoms with Gasteiger partial charge < -0.3 is 9.47 Å². The average molecular weight is 181 g/mol. The van der Waals surface area contributed by atoms with Crippen LogP contribution < -0.4 is 0 Å². The van der Waals surface area contributed by atoms with Gasteiger partial charge in [-0.05, 0) is 12.8 Å². The van der Waals surface area contributed by atoms with Gasteiger partial charge in [0.15, 0.2) is 6.29 Å². The molecule has 0 N–H and O–H groups in total. The average Bonchev–Trinajstić information content (AvgIpc) is 1.97. The van der Waals surface area contributed by atoms with Gasteiger partial charge >= 0.3 is 0 Å². The Bertz CT molecular complexity index is 86.2. The van der Waals surface area contributed by atoms with E-state index in [9.17, 15) is 0 Å². The van der Waals surface area contributed by atoms with Crippen LogP contribution in [0.15, 0.2) is 0 Å².